The first-order valence-corrected chi connectivity index (χ1v) is 7.51. The van der Waals surface area contributed by atoms with Gasteiger partial charge < -0.3 is 4.52 Å². The summed E-state index contributed by atoms with van der Waals surface area (Å²) in [6, 6.07) is 3.69. The van der Waals surface area contributed by atoms with E-state index < -0.39 is 0 Å². The van der Waals surface area contributed by atoms with Crippen LogP contribution in [0.25, 0.3) is 10.2 Å². The zero-order valence-electron chi connectivity index (χ0n) is 10.4. The van der Waals surface area contributed by atoms with Crippen LogP contribution < -0.4 is 5.56 Å². The van der Waals surface area contributed by atoms with Crippen LogP contribution in [0.5, 0.6) is 0 Å². The molecule has 0 bridgehead atoms. The summed E-state index contributed by atoms with van der Waals surface area (Å²) in [6.07, 6.45) is 0. The Hall–Kier alpha value is -1.60. The minimum absolute atomic E-state index is 0.0116. The largest absolute Gasteiger partial charge is 0.360 e. The normalized spacial score (nSPS) is 11.3. The molecular formula is C12H11N3O2S2. The molecule has 0 saturated carbocycles. The number of aromatic nitrogens is 3. The molecule has 0 N–H and O–H groups in total. The molecule has 3 aromatic rings. The highest BCUT2D eigenvalue weighted by Gasteiger charge is 2.11. The predicted molar refractivity (Wildman–Crippen MR) is 75.7 cm³/mol. The maximum Gasteiger partial charge on any atom is 0.262 e. The highest BCUT2D eigenvalue weighted by atomic mass is 32.2. The predicted octanol–water partition coefficient (Wildman–Crippen LogP) is 2.58. The topological polar surface area (TPSA) is 60.9 Å². The lowest BCUT2D eigenvalue weighted by Gasteiger charge is -2.05. The van der Waals surface area contributed by atoms with E-state index in [4.69, 9.17) is 4.52 Å². The van der Waals surface area contributed by atoms with Crippen molar-refractivity contribution >= 4 is 33.3 Å². The molecule has 0 atom stereocenters. The van der Waals surface area contributed by atoms with E-state index in [-0.39, 0.29) is 5.56 Å². The van der Waals surface area contributed by atoms with Gasteiger partial charge in [-0.3, -0.25) is 9.36 Å². The number of thiophene rings is 1. The van der Waals surface area contributed by atoms with Gasteiger partial charge in [-0.05, 0) is 18.4 Å². The van der Waals surface area contributed by atoms with Crippen LogP contribution in [0.2, 0.25) is 0 Å². The highest BCUT2D eigenvalue weighted by molar-refractivity contribution is 7.98. The lowest BCUT2D eigenvalue weighted by Crippen LogP contribution is -2.19. The Bertz CT molecular complexity index is 788. The molecule has 3 aromatic heterocycles. The fourth-order valence-corrected chi connectivity index (χ4v) is 3.38. The first kappa shape index (κ1) is 12.4. The second-order valence-corrected chi connectivity index (χ2v) is 5.96. The number of hydrogen-bond acceptors (Lipinski definition) is 6. The van der Waals surface area contributed by atoms with Crippen molar-refractivity contribution in [3.8, 4) is 0 Å². The van der Waals surface area contributed by atoms with E-state index in [2.05, 4.69) is 10.1 Å². The van der Waals surface area contributed by atoms with Crippen LogP contribution in [-0.2, 0) is 12.8 Å². The fourth-order valence-electron chi connectivity index (χ4n) is 1.73. The molecular weight excluding hydrogens is 282 g/mol. The molecule has 0 aliphatic heterocycles. The lowest BCUT2D eigenvalue weighted by atomic mass is 10.4. The van der Waals surface area contributed by atoms with Crippen molar-refractivity contribution in [3.05, 3.63) is 39.3 Å². The zero-order valence-corrected chi connectivity index (χ0v) is 12.0. The number of aryl methyl sites for hydroxylation is 1. The molecule has 0 saturated heterocycles. The van der Waals surface area contributed by atoms with Crippen molar-refractivity contribution in [2.75, 3.05) is 0 Å². The molecule has 0 amide bonds. The molecule has 98 valence electrons. The van der Waals surface area contributed by atoms with Gasteiger partial charge in [0.2, 0.25) is 0 Å². The molecule has 19 heavy (non-hydrogen) atoms. The van der Waals surface area contributed by atoms with Gasteiger partial charge in [0.1, 0.15) is 10.6 Å². The molecule has 3 rings (SSSR count). The molecule has 3 heterocycles. The van der Waals surface area contributed by atoms with Gasteiger partial charge in [-0.15, -0.1) is 11.3 Å². The van der Waals surface area contributed by atoms with Gasteiger partial charge in [-0.2, -0.15) is 0 Å². The van der Waals surface area contributed by atoms with Gasteiger partial charge in [0.25, 0.3) is 5.56 Å². The Morgan fingerprint density at radius 1 is 1.53 bits per heavy atom. The second-order valence-electron chi connectivity index (χ2n) is 4.12. The molecule has 0 aliphatic rings. The van der Waals surface area contributed by atoms with Gasteiger partial charge in [0, 0.05) is 13.1 Å². The van der Waals surface area contributed by atoms with Crippen molar-refractivity contribution in [1.29, 1.82) is 0 Å². The maximum atomic E-state index is 12.1. The van der Waals surface area contributed by atoms with Crippen molar-refractivity contribution in [2.24, 2.45) is 7.05 Å². The Kier molecular flexibility index (Phi) is 3.16. The first-order valence-electron chi connectivity index (χ1n) is 5.64. The standard InChI is InChI=1S/C12H11N3O2S2/c1-7-5-8(17-14-7)6-19-12-13-10-9(3-4-18-10)11(16)15(12)2/h3-5H,6H2,1-2H3. The van der Waals surface area contributed by atoms with Crippen LogP contribution in [-0.4, -0.2) is 14.7 Å². The Balaban J connectivity index is 1.92. The first-order chi connectivity index (χ1) is 9.15. The summed E-state index contributed by atoms with van der Waals surface area (Å²) in [5.41, 5.74) is 0.841. The third kappa shape index (κ3) is 2.31. The summed E-state index contributed by atoms with van der Waals surface area (Å²) in [5.74, 6) is 1.39. The van der Waals surface area contributed by atoms with E-state index in [0.717, 1.165) is 16.3 Å². The number of rotatable bonds is 3. The molecule has 5 nitrogen and oxygen atoms in total. The average Bonchev–Trinajstić information content (AvgIpc) is 3.01. The minimum Gasteiger partial charge on any atom is -0.360 e. The maximum absolute atomic E-state index is 12.1. The summed E-state index contributed by atoms with van der Waals surface area (Å²) in [5, 5.41) is 7.08. The van der Waals surface area contributed by atoms with Crippen LogP contribution >= 0.6 is 23.1 Å². The van der Waals surface area contributed by atoms with E-state index >= 15 is 0 Å². The van der Waals surface area contributed by atoms with Gasteiger partial charge in [-0.25, -0.2) is 4.98 Å². The van der Waals surface area contributed by atoms with E-state index in [1.54, 1.807) is 11.6 Å². The third-order valence-corrected chi connectivity index (χ3v) is 4.54. The van der Waals surface area contributed by atoms with E-state index in [9.17, 15) is 4.79 Å². The van der Waals surface area contributed by atoms with Gasteiger partial charge in [0.15, 0.2) is 5.16 Å². The average molecular weight is 293 g/mol. The summed E-state index contributed by atoms with van der Waals surface area (Å²) in [7, 11) is 1.74. The third-order valence-electron chi connectivity index (χ3n) is 2.68. The van der Waals surface area contributed by atoms with E-state index in [1.165, 1.54) is 23.1 Å². The number of nitrogens with zero attached hydrogens (tertiary/aromatic N) is 3. The lowest BCUT2D eigenvalue weighted by molar-refractivity contribution is 0.391. The van der Waals surface area contributed by atoms with Gasteiger partial charge in [0.05, 0.1) is 16.8 Å². The summed E-state index contributed by atoms with van der Waals surface area (Å²) in [4.78, 5) is 17.4. The molecule has 0 fully saturated rings. The van der Waals surface area contributed by atoms with Crippen molar-refractivity contribution in [3.63, 3.8) is 0 Å². The van der Waals surface area contributed by atoms with Crippen LogP contribution in [0.3, 0.4) is 0 Å². The van der Waals surface area contributed by atoms with Crippen molar-refractivity contribution < 1.29 is 4.52 Å². The smallest absolute Gasteiger partial charge is 0.262 e. The Morgan fingerprint density at radius 3 is 3.11 bits per heavy atom. The van der Waals surface area contributed by atoms with Crippen LogP contribution in [0.15, 0.2) is 32.0 Å². The monoisotopic (exact) mass is 293 g/mol. The van der Waals surface area contributed by atoms with Crippen LogP contribution in [0.1, 0.15) is 11.5 Å². The van der Waals surface area contributed by atoms with E-state index in [1.807, 2.05) is 24.4 Å². The van der Waals surface area contributed by atoms with Crippen LogP contribution in [0, 0.1) is 6.92 Å². The fraction of sp³-hybridized carbons (Fsp3) is 0.250. The highest BCUT2D eigenvalue weighted by Crippen LogP contribution is 2.23. The number of fused-ring (bicyclic) bond motifs is 1. The second kappa shape index (κ2) is 4.82. The summed E-state index contributed by atoms with van der Waals surface area (Å²) >= 11 is 2.95. The molecule has 7 heteroatoms. The van der Waals surface area contributed by atoms with Gasteiger partial charge >= 0.3 is 0 Å². The summed E-state index contributed by atoms with van der Waals surface area (Å²) in [6.45, 7) is 1.88. The summed E-state index contributed by atoms with van der Waals surface area (Å²) < 4.78 is 6.72. The number of hydrogen-bond donors (Lipinski definition) is 0. The molecule has 0 unspecified atom stereocenters. The zero-order chi connectivity index (χ0) is 13.4. The SMILES string of the molecule is Cc1cc(CSc2nc3sccc3c(=O)n2C)on1. The molecule has 0 aliphatic carbocycles. The molecule has 0 aromatic carbocycles. The van der Waals surface area contributed by atoms with Crippen LogP contribution in [0.4, 0.5) is 0 Å². The molecule has 0 radical (unpaired) electrons. The Labute approximate surface area is 117 Å². The van der Waals surface area contributed by atoms with Crippen molar-refractivity contribution in [1.82, 2.24) is 14.7 Å². The number of thioether (sulfide) groups is 1. The van der Waals surface area contributed by atoms with E-state index in [0.29, 0.717) is 16.3 Å². The molecule has 0 spiro atoms. The van der Waals surface area contributed by atoms with Gasteiger partial charge in [-0.1, -0.05) is 16.9 Å². The minimum atomic E-state index is -0.0116. The quantitative estimate of drug-likeness (QED) is 0.548. The Morgan fingerprint density at radius 2 is 2.37 bits per heavy atom. The van der Waals surface area contributed by atoms with Crippen molar-refractivity contribution in [2.45, 2.75) is 17.8 Å².